The summed E-state index contributed by atoms with van der Waals surface area (Å²) in [7, 11) is 0. The summed E-state index contributed by atoms with van der Waals surface area (Å²) < 4.78 is 14.5. The Labute approximate surface area is 211 Å². The molecule has 182 valence electrons. The molecule has 6 aromatic rings. The highest BCUT2D eigenvalue weighted by Crippen LogP contribution is 2.32. The zero-order valence-corrected chi connectivity index (χ0v) is 19.9. The standard InChI is InChI=1S/C28H23FN8/c29-21-6-2-1-5-19(21)20-14-31-15-24-25(20)34-28(33-24)27-26-23(35-36-27)8-7-22(32-26)18-11-17(12-30-13-18)16-37-9-3-4-10-37/h1-2,5-8,11-15H,3-4,9-10,16H2,(H,33,34)(H,35,36). The number of imidazole rings is 1. The predicted octanol–water partition coefficient (Wildman–Crippen LogP) is 5.36. The molecule has 1 aliphatic rings. The molecule has 5 aromatic heterocycles. The maximum absolute atomic E-state index is 14.5. The average molecular weight is 491 g/mol. The Morgan fingerprint density at radius 2 is 1.70 bits per heavy atom. The Bertz CT molecular complexity index is 1750. The van der Waals surface area contributed by atoms with Crippen LogP contribution in [0.1, 0.15) is 18.4 Å². The molecule has 8 nitrogen and oxygen atoms in total. The lowest BCUT2D eigenvalue weighted by molar-refractivity contribution is 0.331. The van der Waals surface area contributed by atoms with Crippen LogP contribution in [0.2, 0.25) is 0 Å². The number of benzene rings is 1. The number of likely N-dealkylation sites (tertiary alicyclic amines) is 1. The van der Waals surface area contributed by atoms with E-state index < -0.39 is 0 Å². The molecular weight excluding hydrogens is 467 g/mol. The molecule has 2 N–H and O–H groups in total. The molecule has 0 spiro atoms. The van der Waals surface area contributed by atoms with Crippen LogP contribution < -0.4 is 0 Å². The quantitative estimate of drug-likeness (QED) is 0.338. The third kappa shape index (κ3) is 3.93. The van der Waals surface area contributed by atoms with Crippen molar-refractivity contribution in [1.29, 1.82) is 0 Å². The van der Waals surface area contributed by atoms with Crippen LogP contribution >= 0.6 is 0 Å². The molecule has 1 aromatic carbocycles. The Kier molecular flexibility index (Phi) is 5.21. The van der Waals surface area contributed by atoms with Crippen LogP contribution in [0.5, 0.6) is 0 Å². The van der Waals surface area contributed by atoms with Crippen molar-refractivity contribution in [2.75, 3.05) is 13.1 Å². The predicted molar refractivity (Wildman–Crippen MR) is 140 cm³/mol. The maximum Gasteiger partial charge on any atom is 0.161 e. The van der Waals surface area contributed by atoms with E-state index in [1.54, 1.807) is 30.6 Å². The van der Waals surface area contributed by atoms with Gasteiger partial charge in [-0.3, -0.25) is 20.0 Å². The van der Waals surface area contributed by atoms with Crippen molar-refractivity contribution in [2.24, 2.45) is 0 Å². The first kappa shape index (κ1) is 21.8. The Morgan fingerprint density at radius 1 is 0.838 bits per heavy atom. The molecule has 1 saturated heterocycles. The van der Waals surface area contributed by atoms with Crippen molar-refractivity contribution in [3.63, 3.8) is 0 Å². The first-order valence-corrected chi connectivity index (χ1v) is 12.3. The van der Waals surface area contributed by atoms with Gasteiger partial charge < -0.3 is 4.98 Å². The van der Waals surface area contributed by atoms with Gasteiger partial charge >= 0.3 is 0 Å². The number of nitrogens with zero attached hydrogens (tertiary/aromatic N) is 6. The third-order valence-electron chi connectivity index (χ3n) is 6.89. The van der Waals surface area contributed by atoms with E-state index in [2.05, 4.69) is 36.1 Å². The van der Waals surface area contributed by atoms with Crippen LogP contribution in [0.3, 0.4) is 0 Å². The molecule has 7 rings (SSSR count). The van der Waals surface area contributed by atoms with E-state index in [1.807, 2.05) is 24.5 Å². The SMILES string of the molecule is Fc1ccccc1-c1cncc2[nH]c(-c3n[nH]c4ccc(-c5cncc(CN6CCCC6)c5)nc34)nc12. The summed E-state index contributed by atoms with van der Waals surface area (Å²) in [5.74, 6) is 0.218. The van der Waals surface area contributed by atoms with Gasteiger partial charge in [-0.2, -0.15) is 5.10 Å². The van der Waals surface area contributed by atoms with E-state index in [-0.39, 0.29) is 5.82 Å². The number of pyridine rings is 3. The molecular formula is C28H23FN8. The fourth-order valence-electron chi connectivity index (χ4n) is 5.06. The molecule has 1 fully saturated rings. The van der Waals surface area contributed by atoms with Crippen LogP contribution in [0.15, 0.2) is 67.3 Å². The van der Waals surface area contributed by atoms with Gasteiger partial charge in [0.05, 0.1) is 22.9 Å². The van der Waals surface area contributed by atoms with E-state index in [0.29, 0.717) is 39.2 Å². The molecule has 9 heteroatoms. The number of hydrogen-bond donors (Lipinski definition) is 2. The van der Waals surface area contributed by atoms with Gasteiger partial charge in [-0.1, -0.05) is 18.2 Å². The van der Waals surface area contributed by atoms with Crippen LogP contribution in [0, 0.1) is 5.82 Å². The van der Waals surface area contributed by atoms with Gasteiger partial charge in [0.25, 0.3) is 0 Å². The van der Waals surface area contributed by atoms with Crippen LogP contribution in [-0.4, -0.2) is 53.1 Å². The van der Waals surface area contributed by atoms with E-state index in [4.69, 9.17) is 9.97 Å². The molecule has 0 radical (unpaired) electrons. The third-order valence-corrected chi connectivity index (χ3v) is 6.89. The molecule has 37 heavy (non-hydrogen) atoms. The summed E-state index contributed by atoms with van der Waals surface area (Å²) in [6.07, 6.45) is 9.60. The summed E-state index contributed by atoms with van der Waals surface area (Å²) in [4.78, 5) is 24.3. The van der Waals surface area contributed by atoms with Gasteiger partial charge in [-0.15, -0.1) is 0 Å². The topological polar surface area (TPSA) is 99.3 Å². The highest BCUT2D eigenvalue weighted by Gasteiger charge is 2.18. The summed E-state index contributed by atoms with van der Waals surface area (Å²) >= 11 is 0. The van der Waals surface area contributed by atoms with Crippen LogP contribution in [-0.2, 0) is 6.54 Å². The minimum Gasteiger partial charge on any atom is -0.335 e. The monoisotopic (exact) mass is 490 g/mol. The zero-order valence-electron chi connectivity index (χ0n) is 19.9. The van der Waals surface area contributed by atoms with Gasteiger partial charge in [0.15, 0.2) is 11.5 Å². The average Bonchev–Trinajstić information content (AvgIpc) is 3.68. The van der Waals surface area contributed by atoms with Crippen LogP contribution in [0.4, 0.5) is 4.39 Å². The normalized spacial score (nSPS) is 14.2. The molecule has 0 saturated carbocycles. The molecule has 0 bridgehead atoms. The Balaban J connectivity index is 1.29. The first-order chi connectivity index (χ1) is 18.2. The number of hydrogen-bond acceptors (Lipinski definition) is 6. The van der Waals surface area contributed by atoms with E-state index in [0.717, 1.165) is 36.4 Å². The zero-order chi connectivity index (χ0) is 24.8. The first-order valence-electron chi connectivity index (χ1n) is 12.3. The largest absolute Gasteiger partial charge is 0.335 e. The number of aromatic nitrogens is 7. The Morgan fingerprint density at radius 3 is 2.59 bits per heavy atom. The minimum atomic E-state index is -0.321. The summed E-state index contributed by atoms with van der Waals surface area (Å²) in [5, 5.41) is 7.56. The van der Waals surface area contributed by atoms with Crippen molar-refractivity contribution in [3.05, 3.63) is 78.6 Å². The van der Waals surface area contributed by atoms with Crippen molar-refractivity contribution in [1.82, 2.24) is 40.0 Å². The lowest BCUT2D eigenvalue weighted by Crippen LogP contribution is -2.18. The number of aromatic amines is 2. The number of halogens is 1. The highest BCUT2D eigenvalue weighted by atomic mass is 19.1. The van der Waals surface area contributed by atoms with Crippen molar-refractivity contribution in [3.8, 4) is 33.9 Å². The van der Waals surface area contributed by atoms with Gasteiger partial charge in [-0.05, 0) is 55.8 Å². The summed E-state index contributed by atoms with van der Waals surface area (Å²) in [5.41, 5.74) is 7.43. The molecule has 0 unspecified atom stereocenters. The van der Waals surface area contributed by atoms with Gasteiger partial charge in [0.2, 0.25) is 0 Å². The molecule has 1 aliphatic heterocycles. The number of rotatable bonds is 5. The lowest BCUT2D eigenvalue weighted by Gasteiger charge is -2.14. The van der Waals surface area contributed by atoms with Gasteiger partial charge in [0, 0.05) is 41.8 Å². The number of fused-ring (bicyclic) bond motifs is 2. The summed E-state index contributed by atoms with van der Waals surface area (Å²) in [6.45, 7) is 3.17. The molecule has 0 aliphatic carbocycles. The van der Waals surface area contributed by atoms with Crippen molar-refractivity contribution in [2.45, 2.75) is 19.4 Å². The van der Waals surface area contributed by atoms with E-state index in [9.17, 15) is 4.39 Å². The second-order valence-electron chi connectivity index (χ2n) is 9.38. The van der Waals surface area contributed by atoms with E-state index >= 15 is 0 Å². The fourth-order valence-corrected chi connectivity index (χ4v) is 5.06. The molecule has 6 heterocycles. The smallest absolute Gasteiger partial charge is 0.161 e. The summed E-state index contributed by atoms with van der Waals surface area (Å²) in [6, 6.07) is 12.7. The van der Waals surface area contributed by atoms with Gasteiger partial charge in [-0.25, -0.2) is 14.4 Å². The number of H-pyrrole nitrogens is 2. The highest BCUT2D eigenvalue weighted by molar-refractivity contribution is 5.95. The minimum absolute atomic E-state index is 0.321. The van der Waals surface area contributed by atoms with Crippen molar-refractivity contribution >= 4 is 22.1 Å². The lowest BCUT2D eigenvalue weighted by atomic mass is 10.1. The number of nitrogens with one attached hydrogen (secondary N) is 2. The van der Waals surface area contributed by atoms with Crippen molar-refractivity contribution < 1.29 is 4.39 Å². The van der Waals surface area contributed by atoms with E-state index in [1.165, 1.54) is 24.5 Å². The second kappa shape index (κ2) is 8.86. The maximum atomic E-state index is 14.5. The Hall–Kier alpha value is -4.50. The van der Waals surface area contributed by atoms with Gasteiger partial charge in [0.1, 0.15) is 16.9 Å². The molecule has 0 atom stereocenters. The second-order valence-corrected chi connectivity index (χ2v) is 9.38. The molecule has 0 amide bonds. The fraction of sp³-hybridized carbons (Fsp3) is 0.179. The van der Waals surface area contributed by atoms with Crippen LogP contribution in [0.25, 0.3) is 56.0 Å².